The first-order valence-electron chi connectivity index (χ1n) is 4.81. The Kier molecular flexibility index (Phi) is 4.34. The van der Waals surface area contributed by atoms with Gasteiger partial charge in [-0.2, -0.15) is 0 Å². The molecule has 15 heavy (non-hydrogen) atoms. The van der Waals surface area contributed by atoms with Gasteiger partial charge in [0.1, 0.15) is 17.8 Å². The SMILES string of the molecule is CN(C)C[C@]1(O)CO[C@H](C(O)CCl)[C@H]1O. The molecule has 0 aliphatic carbocycles. The second-order valence-electron chi connectivity index (χ2n) is 4.28. The molecule has 1 fully saturated rings. The van der Waals surface area contributed by atoms with Gasteiger partial charge in [-0.3, -0.25) is 0 Å². The number of nitrogens with zero attached hydrogens (tertiary/aromatic N) is 1. The molecule has 5 nitrogen and oxygen atoms in total. The molecule has 90 valence electrons. The van der Waals surface area contributed by atoms with Gasteiger partial charge in [0, 0.05) is 6.54 Å². The normalized spacial score (nSPS) is 38.6. The molecule has 1 saturated heterocycles. The van der Waals surface area contributed by atoms with E-state index in [4.69, 9.17) is 16.3 Å². The van der Waals surface area contributed by atoms with Crippen LogP contribution in [0.4, 0.5) is 0 Å². The first-order valence-corrected chi connectivity index (χ1v) is 5.35. The van der Waals surface area contributed by atoms with E-state index in [-0.39, 0.29) is 19.0 Å². The number of likely N-dealkylation sites (N-methyl/N-ethyl adjacent to an activating group) is 1. The number of rotatable bonds is 4. The third kappa shape index (κ3) is 2.81. The van der Waals surface area contributed by atoms with Crippen molar-refractivity contribution in [3.8, 4) is 0 Å². The van der Waals surface area contributed by atoms with Gasteiger partial charge in [-0.1, -0.05) is 0 Å². The van der Waals surface area contributed by atoms with Gasteiger partial charge in [0.05, 0.1) is 18.6 Å². The van der Waals surface area contributed by atoms with Crippen molar-refractivity contribution in [2.75, 3.05) is 33.1 Å². The smallest absolute Gasteiger partial charge is 0.129 e. The van der Waals surface area contributed by atoms with Gasteiger partial charge in [0.15, 0.2) is 0 Å². The van der Waals surface area contributed by atoms with E-state index in [1.54, 1.807) is 19.0 Å². The average Bonchev–Trinajstić information content (AvgIpc) is 2.42. The van der Waals surface area contributed by atoms with Crippen LogP contribution in [0.25, 0.3) is 0 Å². The Morgan fingerprint density at radius 2 is 2.20 bits per heavy atom. The molecule has 1 rings (SSSR count). The largest absolute Gasteiger partial charge is 0.389 e. The van der Waals surface area contributed by atoms with E-state index in [9.17, 15) is 15.3 Å². The van der Waals surface area contributed by atoms with E-state index in [1.165, 1.54) is 0 Å². The Balaban J connectivity index is 2.65. The van der Waals surface area contributed by atoms with Gasteiger partial charge in [-0.05, 0) is 14.1 Å². The lowest BCUT2D eigenvalue weighted by Crippen LogP contribution is -2.52. The highest BCUT2D eigenvalue weighted by Gasteiger charge is 2.50. The Hall–Kier alpha value is 0.0900. The highest BCUT2D eigenvalue weighted by molar-refractivity contribution is 6.18. The summed E-state index contributed by atoms with van der Waals surface area (Å²) >= 11 is 5.46. The summed E-state index contributed by atoms with van der Waals surface area (Å²) in [6.45, 7) is 0.282. The van der Waals surface area contributed by atoms with Crippen LogP contribution in [0.3, 0.4) is 0 Å². The van der Waals surface area contributed by atoms with Gasteiger partial charge in [-0.25, -0.2) is 0 Å². The van der Waals surface area contributed by atoms with Crippen LogP contribution in [0.15, 0.2) is 0 Å². The molecule has 0 radical (unpaired) electrons. The Morgan fingerprint density at radius 1 is 1.60 bits per heavy atom. The second-order valence-corrected chi connectivity index (χ2v) is 4.59. The first kappa shape index (κ1) is 13.2. The van der Waals surface area contributed by atoms with E-state index >= 15 is 0 Å². The molecule has 0 amide bonds. The molecule has 3 N–H and O–H groups in total. The van der Waals surface area contributed by atoms with Crippen LogP contribution in [-0.4, -0.2) is 77.3 Å². The molecule has 1 unspecified atom stereocenters. The van der Waals surface area contributed by atoms with Crippen LogP contribution in [0.2, 0.25) is 0 Å². The Labute approximate surface area is 94.2 Å². The van der Waals surface area contributed by atoms with Crippen LogP contribution >= 0.6 is 11.6 Å². The van der Waals surface area contributed by atoms with E-state index < -0.39 is 23.9 Å². The van der Waals surface area contributed by atoms with Gasteiger partial charge in [0.2, 0.25) is 0 Å². The number of alkyl halides is 1. The van der Waals surface area contributed by atoms with Gasteiger partial charge >= 0.3 is 0 Å². The standard InChI is InChI=1S/C9H18ClNO4/c1-11(2)4-9(14)5-15-7(8(9)13)6(12)3-10/h6-8,12-14H,3-5H2,1-2H3/t6?,7-,8-,9+/m1/s1. The highest BCUT2D eigenvalue weighted by Crippen LogP contribution is 2.27. The number of hydrogen-bond acceptors (Lipinski definition) is 5. The molecule has 1 aliphatic heterocycles. The number of hydrogen-bond donors (Lipinski definition) is 3. The lowest BCUT2D eigenvalue weighted by atomic mass is 9.94. The molecule has 1 heterocycles. The van der Waals surface area contributed by atoms with E-state index in [0.29, 0.717) is 0 Å². The van der Waals surface area contributed by atoms with Crippen LogP contribution in [-0.2, 0) is 4.74 Å². The fourth-order valence-corrected chi connectivity index (χ4v) is 1.99. The van der Waals surface area contributed by atoms with Gasteiger partial charge < -0.3 is 25.0 Å². The van der Waals surface area contributed by atoms with Crippen LogP contribution in [0.5, 0.6) is 0 Å². The maximum Gasteiger partial charge on any atom is 0.129 e. The minimum atomic E-state index is -1.33. The van der Waals surface area contributed by atoms with Crippen LogP contribution < -0.4 is 0 Å². The predicted molar refractivity (Wildman–Crippen MR) is 56.0 cm³/mol. The zero-order valence-corrected chi connectivity index (χ0v) is 9.68. The van der Waals surface area contributed by atoms with Crippen molar-refractivity contribution in [1.82, 2.24) is 4.90 Å². The summed E-state index contributed by atoms with van der Waals surface area (Å²) in [6, 6.07) is 0. The maximum atomic E-state index is 10.1. The lowest BCUT2D eigenvalue weighted by molar-refractivity contribution is -0.0762. The van der Waals surface area contributed by atoms with Crippen molar-refractivity contribution >= 4 is 11.6 Å². The van der Waals surface area contributed by atoms with Crippen molar-refractivity contribution in [1.29, 1.82) is 0 Å². The second kappa shape index (κ2) is 4.95. The van der Waals surface area contributed by atoms with E-state index in [2.05, 4.69) is 0 Å². The van der Waals surface area contributed by atoms with Crippen molar-refractivity contribution in [2.24, 2.45) is 0 Å². The minimum absolute atomic E-state index is 0.00492. The number of aliphatic hydroxyl groups excluding tert-OH is 2. The summed E-state index contributed by atoms with van der Waals surface area (Å²) in [7, 11) is 3.58. The zero-order chi connectivity index (χ0) is 11.6. The van der Waals surface area contributed by atoms with Crippen LogP contribution in [0.1, 0.15) is 0 Å². The highest BCUT2D eigenvalue weighted by atomic mass is 35.5. The van der Waals surface area contributed by atoms with E-state index in [0.717, 1.165) is 0 Å². The molecule has 0 aromatic heterocycles. The average molecular weight is 240 g/mol. The molecular formula is C9H18ClNO4. The summed E-state index contributed by atoms with van der Waals surface area (Å²) in [4.78, 5) is 1.75. The van der Waals surface area contributed by atoms with Crippen molar-refractivity contribution < 1.29 is 20.1 Å². The fraction of sp³-hybridized carbons (Fsp3) is 1.00. The number of ether oxygens (including phenoxy) is 1. The molecule has 6 heteroatoms. The summed E-state index contributed by atoms with van der Waals surface area (Å²) < 4.78 is 5.17. The summed E-state index contributed by atoms with van der Waals surface area (Å²) in [5, 5.41) is 29.4. The molecule has 0 bridgehead atoms. The van der Waals surface area contributed by atoms with Crippen molar-refractivity contribution in [3.63, 3.8) is 0 Å². The third-order valence-electron chi connectivity index (χ3n) is 2.51. The molecule has 0 aromatic rings. The number of aliphatic hydroxyl groups is 3. The van der Waals surface area contributed by atoms with Gasteiger partial charge in [0.25, 0.3) is 0 Å². The quantitative estimate of drug-likeness (QED) is 0.529. The predicted octanol–water partition coefficient (Wildman–Crippen LogP) is -1.36. The lowest BCUT2D eigenvalue weighted by Gasteiger charge is -2.29. The Morgan fingerprint density at radius 3 is 2.67 bits per heavy atom. The number of halogens is 1. The third-order valence-corrected chi connectivity index (χ3v) is 2.83. The first-order chi connectivity index (χ1) is 6.90. The fourth-order valence-electron chi connectivity index (χ4n) is 1.82. The van der Waals surface area contributed by atoms with Crippen molar-refractivity contribution in [3.05, 3.63) is 0 Å². The molecule has 0 spiro atoms. The van der Waals surface area contributed by atoms with E-state index in [1.807, 2.05) is 0 Å². The molecule has 4 atom stereocenters. The monoisotopic (exact) mass is 239 g/mol. The molecule has 0 aromatic carbocycles. The summed E-state index contributed by atoms with van der Waals surface area (Å²) in [5.41, 5.74) is -1.33. The summed E-state index contributed by atoms with van der Waals surface area (Å²) in [5.74, 6) is -0.0280. The molecule has 0 saturated carbocycles. The zero-order valence-electron chi connectivity index (χ0n) is 8.93. The minimum Gasteiger partial charge on any atom is -0.389 e. The topological polar surface area (TPSA) is 73.2 Å². The molecule has 1 aliphatic rings. The van der Waals surface area contributed by atoms with Crippen molar-refractivity contribution in [2.45, 2.75) is 23.9 Å². The van der Waals surface area contributed by atoms with Gasteiger partial charge in [-0.15, -0.1) is 11.6 Å². The summed E-state index contributed by atoms with van der Waals surface area (Å²) in [6.07, 6.45) is -2.89. The molecular weight excluding hydrogens is 222 g/mol. The Bertz CT molecular complexity index is 216. The van der Waals surface area contributed by atoms with Crippen LogP contribution in [0, 0.1) is 0 Å². The maximum absolute atomic E-state index is 10.1.